The van der Waals surface area contributed by atoms with Gasteiger partial charge in [0.05, 0.1) is 17.6 Å². The van der Waals surface area contributed by atoms with Gasteiger partial charge in [0.1, 0.15) is 12.1 Å². The summed E-state index contributed by atoms with van der Waals surface area (Å²) in [6, 6.07) is 13.5. The van der Waals surface area contributed by atoms with Gasteiger partial charge in [0.25, 0.3) is 0 Å². The van der Waals surface area contributed by atoms with Gasteiger partial charge in [0.2, 0.25) is 5.82 Å². The van der Waals surface area contributed by atoms with Crippen LogP contribution >= 0.6 is 0 Å². The lowest BCUT2D eigenvalue weighted by molar-refractivity contribution is -0.385. The van der Waals surface area contributed by atoms with Crippen LogP contribution in [0.3, 0.4) is 0 Å². The first kappa shape index (κ1) is 19.7. The van der Waals surface area contributed by atoms with Crippen LogP contribution in [0.5, 0.6) is 11.6 Å². The number of nitro groups is 1. The van der Waals surface area contributed by atoms with Crippen LogP contribution in [0.4, 0.5) is 17.2 Å². The van der Waals surface area contributed by atoms with Crippen molar-refractivity contribution in [3.8, 4) is 11.6 Å². The minimum Gasteiger partial charge on any atom is -0.465 e. The Morgan fingerprint density at radius 3 is 2.38 bits per heavy atom. The Kier molecular flexibility index (Phi) is 5.98. The Hall–Kier alpha value is -4.01. The van der Waals surface area contributed by atoms with Crippen LogP contribution in [-0.2, 0) is 11.2 Å². The van der Waals surface area contributed by atoms with Crippen molar-refractivity contribution in [1.82, 2.24) is 9.97 Å². The van der Waals surface area contributed by atoms with Crippen molar-refractivity contribution in [2.45, 2.75) is 13.3 Å². The molecule has 9 nitrogen and oxygen atoms in total. The molecule has 1 aromatic heterocycles. The van der Waals surface area contributed by atoms with Crippen LogP contribution in [0.15, 0.2) is 54.9 Å². The molecule has 0 aliphatic carbocycles. The van der Waals surface area contributed by atoms with E-state index in [2.05, 4.69) is 20.0 Å². The van der Waals surface area contributed by atoms with E-state index in [1.807, 2.05) is 19.1 Å². The van der Waals surface area contributed by atoms with Gasteiger partial charge in [-0.05, 0) is 48.4 Å². The highest BCUT2D eigenvalue weighted by atomic mass is 16.6. The SMILES string of the molecule is CCc1ccc(Oc2ncnc(Nc3ccc(C(=O)OC)cc3)c2[N+](=O)[O-])cc1. The minimum absolute atomic E-state index is 0.0315. The summed E-state index contributed by atoms with van der Waals surface area (Å²) in [7, 11) is 1.29. The van der Waals surface area contributed by atoms with Gasteiger partial charge in [-0.15, -0.1) is 0 Å². The van der Waals surface area contributed by atoms with E-state index < -0.39 is 16.6 Å². The molecule has 0 fully saturated rings. The maximum atomic E-state index is 11.7. The number of carbonyl (C=O) groups excluding carboxylic acids is 1. The average molecular weight is 394 g/mol. The normalized spacial score (nSPS) is 10.3. The van der Waals surface area contributed by atoms with Crippen molar-refractivity contribution in [2.75, 3.05) is 12.4 Å². The highest BCUT2D eigenvalue weighted by molar-refractivity contribution is 5.89. The third-order valence-corrected chi connectivity index (χ3v) is 4.09. The van der Waals surface area contributed by atoms with Crippen LogP contribution in [0.25, 0.3) is 0 Å². The van der Waals surface area contributed by atoms with Gasteiger partial charge in [0.15, 0.2) is 0 Å². The van der Waals surface area contributed by atoms with E-state index in [0.29, 0.717) is 17.0 Å². The second-order valence-electron chi connectivity index (χ2n) is 5.93. The van der Waals surface area contributed by atoms with Gasteiger partial charge in [0, 0.05) is 5.69 Å². The summed E-state index contributed by atoms with van der Waals surface area (Å²) in [5.41, 5.74) is 1.57. The van der Waals surface area contributed by atoms with E-state index in [9.17, 15) is 14.9 Å². The van der Waals surface area contributed by atoms with Gasteiger partial charge in [-0.2, -0.15) is 4.98 Å². The number of benzene rings is 2. The Labute approximate surface area is 166 Å². The lowest BCUT2D eigenvalue weighted by atomic mass is 10.2. The molecule has 0 saturated carbocycles. The molecule has 2 aromatic carbocycles. The summed E-state index contributed by atoms with van der Waals surface area (Å²) in [5, 5.41) is 14.5. The summed E-state index contributed by atoms with van der Waals surface area (Å²) >= 11 is 0. The number of carbonyl (C=O) groups is 1. The van der Waals surface area contributed by atoms with Crippen LogP contribution in [0.2, 0.25) is 0 Å². The predicted octanol–water partition coefficient (Wildman–Crippen LogP) is 4.27. The molecule has 0 aliphatic heterocycles. The number of rotatable bonds is 7. The van der Waals surface area contributed by atoms with E-state index in [1.54, 1.807) is 24.3 Å². The molecule has 0 unspecified atom stereocenters. The van der Waals surface area contributed by atoms with Crippen molar-refractivity contribution < 1.29 is 19.2 Å². The molecule has 0 amide bonds. The Balaban J connectivity index is 1.88. The zero-order valence-electron chi connectivity index (χ0n) is 15.8. The number of esters is 1. The quantitative estimate of drug-likeness (QED) is 0.359. The molecule has 1 N–H and O–H groups in total. The van der Waals surface area contributed by atoms with Crippen molar-refractivity contribution in [3.05, 3.63) is 76.1 Å². The van der Waals surface area contributed by atoms with Gasteiger partial charge in [-0.1, -0.05) is 19.1 Å². The highest BCUT2D eigenvalue weighted by Crippen LogP contribution is 2.35. The summed E-state index contributed by atoms with van der Waals surface area (Å²) in [4.78, 5) is 30.4. The smallest absolute Gasteiger partial charge is 0.373 e. The van der Waals surface area contributed by atoms with Crippen LogP contribution in [0.1, 0.15) is 22.8 Å². The fraction of sp³-hybridized carbons (Fsp3) is 0.150. The zero-order valence-corrected chi connectivity index (χ0v) is 15.8. The first-order chi connectivity index (χ1) is 14.0. The number of methoxy groups -OCH3 is 1. The molecule has 0 bridgehead atoms. The largest absolute Gasteiger partial charge is 0.465 e. The number of aromatic nitrogens is 2. The second kappa shape index (κ2) is 8.79. The van der Waals surface area contributed by atoms with Crippen molar-refractivity contribution in [3.63, 3.8) is 0 Å². The Morgan fingerprint density at radius 1 is 1.10 bits per heavy atom. The van der Waals surface area contributed by atoms with Crippen LogP contribution in [0, 0.1) is 10.1 Å². The number of nitrogens with zero attached hydrogens (tertiary/aromatic N) is 3. The first-order valence-electron chi connectivity index (χ1n) is 8.73. The van der Waals surface area contributed by atoms with E-state index in [4.69, 9.17) is 4.74 Å². The lowest BCUT2D eigenvalue weighted by Crippen LogP contribution is -2.04. The molecule has 0 saturated heterocycles. The lowest BCUT2D eigenvalue weighted by Gasteiger charge is -2.10. The van der Waals surface area contributed by atoms with E-state index in [-0.39, 0.29) is 11.7 Å². The number of anilines is 2. The topological polar surface area (TPSA) is 116 Å². The summed E-state index contributed by atoms with van der Waals surface area (Å²) in [6.45, 7) is 2.03. The maximum absolute atomic E-state index is 11.7. The van der Waals surface area contributed by atoms with Crippen molar-refractivity contribution in [1.29, 1.82) is 0 Å². The summed E-state index contributed by atoms with van der Waals surface area (Å²) in [5.74, 6) is -0.259. The van der Waals surface area contributed by atoms with Gasteiger partial charge >= 0.3 is 17.5 Å². The monoisotopic (exact) mass is 394 g/mol. The minimum atomic E-state index is -0.610. The van der Waals surface area contributed by atoms with Crippen molar-refractivity contribution >= 4 is 23.2 Å². The standard InChI is InChI=1S/C20H18N4O5/c1-3-13-4-10-16(11-5-13)29-19-17(24(26)27)18(21-12-22-19)23-15-8-6-14(7-9-15)20(25)28-2/h4-12H,3H2,1-2H3,(H,21,22,23). The number of nitrogens with one attached hydrogen (secondary N) is 1. The molecule has 148 valence electrons. The Bertz CT molecular complexity index is 1020. The van der Waals surface area contributed by atoms with Crippen molar-refractivity contribution in [2.24, 2.45) is 0 Å². The summed E-state index contributed by atoms with van der Waals surface area (Å²) < 4.78 is 10.3. The fourth-order valence-corrected chi connectivity index (χ4v) is 2.54. The van der Waals surface area contributed by atoms with Gasteiger partial charge in [-0.25, -0.2) is 9.78 Å². The maximum Gasteiger partial charge on any atom is 0.373 e. The molecule has 0 radical (unpaired) electrons. The van der Waals surface area contributed by atoms with Gasteiger partial charge in [-0.3, -0.25) is 10.1 Å². The highest BCUT2D eigenvalue weighted by Gasteiger charge is 2.25. The third kappa shape index (κ3) is 4.64. The number of hydrogen-bond donors (Lipinski definition) is 1. The molecule has 3 aromatic rings. The molecular weight excluding hydrogens is 376 g/mol. The van der Waals surface area contributed by atoms with Crippen LogP contribution in [-0.4, -0.2) is 28.0 Å². The first-order valence-corrected chi connectivity index (χ1v) is 8.73. The Morgan fingerprint density at radius 2 is 1.79 bits per heavy atom. The average Bonchev–Trinajstić information content (AvgIpc) is 2.74. The molecule has 0 atom stereocenters. The number of aryl methyl sites for hydroxylation is 1. The predicted molar refractivity (Wildman–Crippen MR) is 106 cm³/mol. The number of ether oxygens (including phenoxy) is 2. The summed E-state index contributed by atoms with van der Waals surface area (Å²) in [6.07, 6.45) is 2.05. The molecule has 3 rings (SSSR count). The zero-order chi connectivity index (χ0) is 20.8. The molecule has 1 heterocycles. The van der Waals surface area contributed by atoms with E-state index in [1.165, 1.54) is 25.6 Å². The van der Waals surface area contributed by atoms with Crippen LogP contribution < -0.4 is 10.1 Å². The van der Waals surface area contributed by atoms with E-state index >= 15 is 0 Å². The third-order valence-electron chi connectivity index (χ3n) is 4.09. The molecule has 29 heavy (non-hydrogen) atoms. The molecule has 9 heteroatoms. The number of hydrogen-bond acceptors (Lipinski definition) is 8. The molecule has 0 aliphatic rings. The van der Waals surface area contributed by atoms with E-state index in [0.717, 1.165) is 12.0 Å². The second-order valence-corrected chi connectivity index (χ2v) is 5.93. The molecule has 0 spiro atoms. The molecular formula is C20H18N4O5. The fourth-order valence-electron chi connectivity index (χ4n) is 2.54. The van der Waals surface area contributed by atoms with Gasteiger partial charge < -0.3 is 14.8 Å².